The van der Waals surface area contributed by atoms with Crippen LogP contribution in [0.2, 0.25) is 0 Å². The molecule has 1 heterocycles. The number of hydrogen-bond donors (Lipinski definition) is 1. The highest BCUT2D eigenvalue weighted by Crippen LogP contribution is 2.11. The van der Waals surface area contributed by atoms with Gasteiger partial charge in [-0.15, -0.1) is 10.2 Å². The van der Waals surface area contributed by atoms with Crippen LogP contribution in [0.15, 0.2) is 4.42 Å². The van der Waals surface area contributed by atoms with Gasteiger partial charge in [0.25, 0.3) is 0 Å². The van der Waals surface area contributed by atoms with E-state index in [2.05, 4.69) is 10.2 Å². The molecule has 0 amide bonds. The molecular weight excluding hydrogens is 170 g/mol. The van der Waals surface area contributed by atoms with Gasteiger partial charge in [0.05, 0.1) is 12.6 Å². The lowest BCUT2D eigenvalue weighted by atomic mass is 10.2. The standard InChI is InChI=1S/C8H15N3O2/c1-3-6(9)8-11-10-7(13-8)4-5-12-2/h6H,3-5,9H2,1-2H3. The smallest absolute Gasteiger partial charge is 0.233 e. The zero-order valence-corrected chi connectivity index (χ0v) is 7.99. The Morgan fingerprint density at radius 2 is 2.31 bits per heavy atom. The lowest BCUT2D eigenvalue weighted by molar-refractivity contribution is 0.194. The van der Waals surface area contributed by atoms with E-state index in [1.165, 1.54) is 0 Å². The first kappa shape index (κ1) is 10.1. The molecule has 1 aromatic rings. The maximum atomic E-state index is 5.71. The van der Waals surface area contributed by atoms with Gasteiger partial charge in [-0.2, -0.15) is 0 Å². The van der Waals surface area contributed by atoms with Crippen LogP contribution in [0.5, 0.6) is 0 Å². The molecule has 13 heavy (non-hydrogen) atoms. The van der Waals surface area contributed by atoms with Crippen molar-refractivity contribution in [3.05, 3.63) is 11.8 Å². The van der Waals surface area contributed by atoms with Gasteiger partial charge in [0.1, 0.15) is 0 Å². The van der Waals surface area contributed by atoms with Gasteiger partial charge in [-0.1, -0.05) is 6.92 Å². The van der Waals surface area contributed by atoms with E-state index in [9.17, 15) is 0 Å². The maximum Gasteiger partial charge on any atom is 0.233 e. The quantitative estimate of drug-likeness (QED) is 0.729. The van der Waals surface area contributed by atoms with Gasteiger partial charge in [0, 0.05) is 13.5 Å². The number of nitrogens with two attached hydrogens (primary N) is 1. The molecule has 74 valence electrons. The molecule has 0 bridgehead atoms. The average Bonchev–Trinajstić information content (AvgIpc) is 2.62. The number of aromatic nitrogens is 2. The molecular formula is C8H15N3O2. The monoisotopic (exact) mass is 185 g/mol. The fourth-order valence-corrected chi connectivity index (χ4v) is 0.881. The summed E-state index contributed by atoms with van der Waals surface area (Å²) in [4.78, 5) is 0. The number of ether oxygens (including phenoxy) is 1. The number of rotatable bonds is 5. The van der Waals surface area contributed by atoms with Crippen molar-refractivity contribution in [2.75, 3.05) is 13.7 Å². The van der Waals surface area contributed by atoms with E-state index in [-0.39, 0.29) is 6.04 Å². The van der Waals surface area contributed by atoms with Crippen LogP contribution >= 0.6 is 0 Å². The highest BCUT2D eigenvalue weighted by molar-refractivity contribution is 4.87. The van der Waals surface area contributed by atoms with E-state index in [4.69, 9.17) is 14.9 Å². The first-order valence-electron chi connectivity index (χ1n) is 4.34. The minimum Gasteiger partial charge on any atom is -0.423 e. The molecule has 0 aliphatic heterocycles. The Morgan fingerprint density at radius 1 is 1.54 bits per heavy atom. The third-order valence-corrected chi connectivity index (χ3v) is 1.76. The second-order valence-corrected chi connectivity index (χ2v) is 2.79. The van der Waals surface area contributed by atoms with Gasteiger partial charge < -0.3 is 14.9 Å². The zero-order valence-electron chi connectivity index (χ0n) is 7.99. The Labute approximate surface area is 77.3 Å². The molecule has 0 radical (unpaired) electrons. The van der Waals surface area contributed by atoms with Crippen LogP contribution in [0, 0.1) is 0 Å². The lowest BCUT2D eigenvalue weighted by Crippen LogP contribution is -2.08. The summed E-state index contributed by atoms with van der Waals surface area (Å²) in [5.74, 6) is 1.09. The van der Waals surface area contributed by atoms with Gasteiger partial charge >= 0.3 is 0 Å². The van der Waals surface area contributed by atoms with Crippen LogP contribution in [0.4, 0.5) is 0 Å². The Kier molecular flexibility index (Phi) is 3.85. The number of methoxy groups -OCH3 is 1. The van der Waals surface area contributed by atoms with E-state index in [1.807, 2.05) is 6.92 Å². The van der Waals surface area contributed by atoms with Crippen molar-refractivity contribution in [2.24, 2.45) is 5.73 Å². The Morgan fingerprint density at radius 3 is 2.92 bits per heavy atom. The van der Waals surface area contributed by atoms with Crippen LogP contribution in [0.25, 0.3) is 0 Å². The van der Waals surface area contributed by atoms with Crippen molar-refractivity contribution in [2.45, 2.75) is 25.8 Å². The van der Waals surface area contributed by atoms with Gasteiger partial charge in [0.2, 0.25) is 11.8 Å². The van der Waals surface area contributed by atoms with E-state index in [0.29, 0.717) is 24.8 Å². The summed E-state index contributed by atoms with van der Waals surface area (Å²) in [5.41, 5.74) is 5.71. The Bertz CT molecular complexity index is 249. The molecule has 0 saturated heterocycles. The van der Waals surface area contributed by atoms with Gasteiger partial charge in [-0.05, 0) is 6.42 Å². The molecule has 0 aliphatic rings. The molecule has 5 heteroatoms. The molecule has 0 aromatic carbocycles. The molecule has 1 aromatic heterocycles. The van der Waals surface area contributed by atoms with Crippen LogP contribution < -0.4 is 5.73 Å². The largest absolute Gasteiger partial charge is 0.423 e. The normalized spacial score (nSPS) is 13.2. The summed E-state index contributed by atoms with van der Waals surface area (Å²) in [5, 5.41) is 7.69. The SMILES string of the molecule is CCC(N)c1nnc(CCOC)o1. The van der Waals surface area contributed by atoms with Crippen molar-refractivity contribution in [1.82, 2.24) is 10.2 Å². The molecule has 0 aliphatic carbocycles. The fourth-order valence-electron chi connectivity index (χ4n) is 0.881. The highest BCUT2D eigenvalue weighted by Gasteiger charge is 2.11. The van der Waals surface area contributed by atoms with Crippen LogP contribution in [-0.4, -0.2) is 23.9 Å². The zero-order chi connectivity index (χ0) is 9.68. The van der Waals surface area contributed by atoms with E-state index in [1.54, 1.807) is 7.11 Å². The summed E-state index contributed by atoms with van der Waals surface area (Å²) in [7, 11) is 1.63. The third kappa shape index (κ3) is 2.78. The van der Waals surface area contributed by atoms with Crippen molar-refractivity contribution >= 4 is 0 Å². The van der Waals surface area contributed by atoms with Crippen molar-refractivity contribution in [3.63, 3.8) is 0 Å². The lowest BCUT2D eigenvalue weighted by Gasteiger charge is -2.00. The minimum atomic E-state index is -0.149. The van der Waals surface area contributed by atoms with E-state index >= 15 is 0 Å². The molecule has 0 saturated carbocycles. The molecule has 1 rings (SSSR count). The summed E-state index contributed by atoms with van der Waals surface area (Å²) in [6.07, 6.45) is 1.44. The topological polar surface area (TPSA) is 74.2 Å². The van der Waals surface area contributed by atoms with Gasteiger partial charge in [-0.3, -0.25) is 0 Å². The van der Waals surface area contributed by atoms with Gasteiger partial charge in [-0.25, -0.2) is 0 Å². The van der Waals surface area contributed by atoms with Crippen LogP contribution in [-0.2, 0) is 11.2 Å². The second kappa shape index (κ2) is 4.94. The predicted octanol–water partition coefficient (Wildman–Crippen LogP) is 0.668. The fraction of sp³-hybridized carbons (Fsp3) is 0.750. The molecule has 2 N–H and O–H groups in total. The summed E-state index contributed by atoms with van der Waals surface area (Å²) < 4.78 is 10.2. The molecule has 1 atom stereocenters. The molecule has 1 unspecified atom stereocenters. The predicted molar refractivity (Wildman–Crippen MR) is 47.1 cm³/mol. The highest BCUT2D eigenvalue weighted by atomic mass is 16.5. The number of hydrogen-bond acceptors (Lipinski definition) is 5. The maximum absolute atomic E-state index is 5.71. The minimum absolute atomic E-state index is 0.149. The molecule has 0 spiro atoms. The number of nitrogens with zero attached hydrogens (tertiary/aromatic N) is 2. The molecule has 5 nitrogen and oxygen atoms in total. The first-order valence-corrected chi connectivity index (χ1v) is 4.34. The van der Waals surface area contributed by atoms with E-state index in [0.717, 1.165) is 6.42 Å². The second-order valence-electron chi connectivity index (χ2n) is 2.79. The van der Waals surface area contributed by atoms with Crippen LogP contribution in [0.1, 0.15) is 31.2 Å². The first-order chi connectivity index (χ1) is 6.27. The Hall–Kier alpha value is -0.940. The summed E-state index contributed by atoms with van der Waals surface area (Å²) in [6, 6.07) is -0.149. The average molecular weight is 185 g/mol. The summed E-state index contributed by atoms with van der Waals surface area (Å²) in [6.45, 7) is 2.56. The van der Waals surface area contributed by atoms with Crippen molar-refractivity contribution in [1.29, 1.82) is 0 Å². The Balaban J connectivity index is 2.53. The van der Waals surface area contributed by atoms with E-state index < -0.39 is 0 Å². The van der Waals surface area contributed by atoms with Crippen LogP contribution in [0.3, 0.4) is 0 Å². The molecule has 0 fully saturated rings. The third-order valence-electron chi connectivity index (χ3n) is 1.76. The summed E-state index contributed by atoms with van der Waals surface area (Å²) >= 11 is 0. The van der Waals surface area contributed by atoms with Crippen molar-refractivity contribution in [3.8, 4) is 0 Å². The van der Waals surface area contributed by atoms with Gasteiger partial charge in [0.15, 0.2) is 0 Å². The van der Waals surface area contributed by atoms with Crippen molar-refractivity contribution < 1.29 is 9.15 Å².